The van der Waals surface area contributed by atoms with E-state index in [0.717, 1.165) is 83.3 Å². The number of benzene rings is 6. The standard InChI is InChI=1S/C46H29N5/c1-2-12-30(13-3-1)31-23-25-32(26-24-31)46-48-40-21-7-4-18-37(40)42(50-46)35-16-10-14-33(28-35)34-15-11-17-36(29-34)43-45-44(38-19-5-6-20-39(38)47-43)49-41-22-8-9-27-51(41)45/h1-29H. The quantitative estimate of drug-likeness (QED) is 0.186. The summed E-state index contributed by atoms with van der Waals surface area (Å²) in [5.74, 6) is 0.704. The number of hydrogen-bond acceptors (Lipinski definition) is 4. The minimum atomic E-state index is 0.704. The summed E-state index contributed by atoms with van der Waals surface area (Å²) in [4.78, 5) is 20.4. The van der Waals surface area contributed by atoms with Gasteiger partial charge in [-0.25, -0.2) is 19.9 Å². The molecule has 0 unspecified atom stereocenters. The highest BCUT2D eigenvalue weighted by molar-refractivity contribution is 6.09. The van der Waals surface area contributed by atoms with Crippen molar-refractivity contribution in [2.24, 2.45) is 0 Å². The van der Waals surface area contributed by atoms with Gasteiger partial charge < -0.3 is 0 Å². The molecule has 0 bridgehead atoms. The Balaban J connectivity index is 1.08. The van der Waals surface area contributed by atoms with Crippen LogP contribution in [-0.2, 0) is 0 Å². The third kappa shape index (κ3) is 5.03. The highest BCUT2D eigenvalue weighted by Crippen LogP contribution is 2.36. The van der Waals surface area contributed by atoms with Gasteiger partial charge in [-0.15, -0.1) is 0 Å². The molecule has 0 amide bonds. The lowest BCUT2D eigenvalue weighted by Gasteiger charge is -2.12. The lowest BCUT2D eigenvalue weighted by Crippen LogP contribution is -1.95. The van der Waals surface area contributed by atoms with Crippen LogP contribution in [0.5, 0.6) is 0 Å². The predicted molar refractivity (Wildman–Crippen MR) is 208 cm³/mol. The van der Waals surface area contributed by atoms with Crippen molar-refractivity contribution in [3.8, 4) is 56.2 Å². The lowest BCUT2D eigenvalue weighted by molar-refractivity contribution is 1.22. The van der Waals surface area contributed by atoms with Crippen LogP contribution in [0.15, 0.2) is 176 Å². The van der Waals surface area contributed by atoms with Gasteiger partial charge in [0.1, 0.15) is 11.2 Å². The molecule has 5 nitrogen and oxygen atoms in total. The van der Waals surface area contributed by atoms with Crippen molar-refractivity contribution in [2.75, 3.05) is 0 Å². The van der Waals surface area contributed by atoms with Gasteiger partial charge in [0.2, 0.25) is 0 Å². The minimum absolute atomic E-state index is 0.704. The Labute approximate surface area is 294 Å². The maximum Gasteiger partial charge on any atom is 0.160 e. The third-order valence-corrected chi connectivity index (χ3v) is 9.60. The second-order valence-electron chi connectivity index (χ2n) is 12.7. The molecule has 4 aromatic heterocycles. The van der Waals surface area contributed by atoms with Crippen LogP contribution in [0.3, 0.4) is 0 Å². The predicted octanol–water partition coefficient (Wildman–Crippen LogP) is 11.3. The second kappa shape index (κ2) is 11.9. The van der Waals surface area contributed by atoms with Crippen LogP contribution in [0.25, 0.3) is 94.6 Å². The number of hydrogen-bond donors (Lipinski definition) is 0. The molecule has 10 aromatic rings. The van der Waals surface area contributed by atoms with Crippen LogP contribution < -0.4 is 0 Å². The molecular weight excluding hydrogens is 623 g/mol. The summed E-state index contributed by atoms with van der Waals surface area (Å²) in [6.45, 7) is 0. The highest BCUT2D eigenvalue weighted by atomic mass is 15.0. The van der Waals surface area contributed by atoms with E-state index >= 15 is 0 Å². The van der Waals surface area contributed by atoms with Crippen molar-refractivity contribution < 1.29 is 0 Å². The lowest BCUT2D eigenvalue weighted by atomic mass is 9.97. The van der Waals surface area contributed by atoms with E-state index in [1.54, 1.807) is 0 Å². The van der Waals surface area contributed by atoms with E-state index in [-0.39, 0.29) is 0 Å². The van der Waals surface area contributed by atoms with E-state index < -0.39 is 0 Å². The fourth-order valence-corrected chi connectivity index (χ4v) is 7.12. The molecule has 0 aliphatic heterocycles. The molecule has 0 N–H and O–H groups in total. The van der Waals surface area contributed by atoms with Gasteiger partial charge in [-0.3, -0.25) is 4.40 Å². The minimum Gasteiger partial charge on any atom is -0.298 e. The largest absolute Gasteiger partial charge is 0.298 e. The van der Waals surface area contributed by atoms with Crippen molar-refractivity contribution in [1.82, 2.24) is 24.3 Å². The number of aromatic nitrogens is 5. The van der Waals surface area contributed by atoms with Gasteiger partial charge >= 0.3 is 0 Å². The van der Waals surface area contributed by atoms with Crippen molar-refractivity contribution in [1.29, 1.82) is 0 Å². The average Bonchev–Trinajstić information content (AvgIpc) is 3.61. The molecule has 0 aliphatic carbocycles. The summed E-state index contributed by atoms with van der Waals surface area (Å²) in [5.41, 5.74) is 14.1. The van der Waals surface area contributed by atoms with Gasteiger partial charge in [0.15, 0.2) is 5.82 Å². The fourth-order valence-electron chi connectivity index (χ4n) is 7.12. The average molecular weight is 652 g/mol. The Kier molecular flexibility index (Phi) is 6.74. The van der Waals surface area contributed by atoms with Crippen molar-refractivity contribution in [3.63, 3.8) is 0 Å². The van der Waals surface area contributed by atoms with Crippen LogP contribution in [0.1, 0.15) is 0 Å². The van der Waals surface area contributed by atoms with Gasteiger partial charge in [0, 0.05) is 33.7 Å². The van der Waals surface area contributed by atoms with E-state index in [9.17, 15) is 0 Å². The van der Waals surface area contributed by atoms with E-state index in [1.807, 2.05) is 48.5 Å². The summed E-state index contributed by atoms with van der Waals surface area (Å²) in [6, 6.07) is 58.8. The Morgan fingerprint density at radius 2 is 0.922 bits per heavy atom. The maximum atomic E-state index is 5.21. The zero-order valence-electron chi connectivity index (χ0n) is 27.5. The molecule has 6 aromatic carbocycles. The van der Waals surface area contributed by atoms with Crippen LogP contribution in [-0.4, -0.2) is 24.3 Å². The van der Waals surface area contributed by atoms with Gasteiger partial charge in [-0.2, -0.15) is 0 Å². The summed E-state index contributed by atoms with van der Waals surface area (Å²) in [6.07, 6.45) is 2.07. The second-order valence-corrected chi connectivity index (χ2v) is 12.7. The Hall–Kier alpha value is -6.98. The van der Waals surface area contributed by atoms with E-state index in [2.05, 4.69) is 132 Å². The first-order valence-electron chi connectivity index (χ1n) is 17.1. The van der Waals surface area contributed by atoms with Gasteiger partial charge in [0.25, 0.3) is 0 Å². The van der Waals surface area contributed by atoms with E-state index in [0.29, 0.717) is 5.82 Å². The smallest absolute Gasteiger partial charge is 0.160 e. The normalized spacial score (nSPS) is 11.5. The molecule has 0 radical (unpaired) electrons. The zero-order valence-corrected chi connectivity index (χ0v) is 27.5. The number of pyridine rings is 2. The van der Waals surface area contributed by atoms with Gasteiger partial charge in [-0.1, -0.05) is 133 Å². The molecule has 0 fully saturated rings. The van der Waals surface area contributed by atoms with Crippen molar-refractivity contribution >= 4 is 38.5 Å². The first-order valence-corrected chi connectivity index (χ1v) is 17.1. The number of fused-ring (bicyclic) bond motifs is 6. The van der Waals surface area contributed by atoms with Crippen LogP contribution >= 0.6 is 0 Å². The summed E-state index contributed by atoms with van der Waals surface area (Å²) in [5, 5.41) is 2.07. The molecule has 0 atom stereocenters. The SMILES string of the molecule is c1ccc(-c2ccc(-c3nc(-c4cccc(-c5cccc(-c6nc7ccccc7c7nc8ccccn8c67)c5)c4)c4ccccc4n3)cc2)cc1. The molecule has 0 saturated carbocycles. The van der Waals surface area contributed by atoms with Gasteiger partial charge in [-0.05, 0) is 58.7 Å². The van der Waals surface area contributed by atoms with E-state index in [1.165, 1.54) is 5.56 Å². The molecule has 238 valence electrons. The number of imidazole rings is 1. The number of rotatable bonds is 5. The topological polar surface area (TPSA) is 56.0 Å². The summed E-state index contributed by atoms with van der Waals surface area (Å²) < 4.78 is 2.14. The van der Waals surface area contributed by atoms with Crippen molar-refractivity contribution in [2.45, 2.75) is 0 Å². The molecular formula is C46H29N5. The van der Waals surface area contributed by atoms with Crippen LogP contribution in [0.4, 0.5) is 0 Å². The number of para-hydroxylation sites is 2. The fraction of sp³-hybridized carbons (Fsp3) is 0. The molecule has 0 saturated heterocycles. The number of nitrogens with zero attached hydrogens (tertiary/aromatic N) is 5. The first kappa shape index (κ1) is 29.0. The first-order chi connectivity index (χ1) is 25.3. The van der Waals surface area contributed by atoms with Crippen LogP contribution in [0.2, 0.25) is 0 Å². The Morgan fingerprint density at radius 3 is 1.69 bits per heavy atom. The van der Waals surface area contributed by atoms with Crippen LogP contribution in [0, 0.1) is 0 Å². The Bertz CT molecular complexity index is 2910. The molecule has 5 heteroatoms. The Morgan fingerprint density at radius 1 is 0.353 bits per heavy atom. The zero-order chi connectivity index (χ0) is 33.7. The molecule has 10 rings (SSSR count). The van der Waals surface area contributed by atoms with E-state index in [4.69, 9.17) is 19.9 Å². The molecule has 4 heterocycles. The molecule has 0 spiro atoms. The van der Waals surface area contributed by atoms with Gasteiger partial charge in [0.05, 0.1) is 27.9 Å². The van der Waals surface area contributed by atoms with Crippen molar-refractivity contribution in [3.05, 3.63) is 176 Å². The third-order valence-electron chi connectivity index (χ3n) is 9.60. The summed E-state index contributed by atoms with van der Waals surface area (Å²) >= 11 is 0. The summed E-state index contributed by atoms with van der Waals surface area (Å²) in [7, 11) is 0. The maximum absolute atomic E-state index is 5.21. The highest BCUT2D eigenvalue weighted by Gasteiger charge is 2.17. The molecule has 0 aliphatic rings. The molecule has 51 heavy (non-hydrogen) atoms. The monoisotopic (exact) mass is 651 g/mol.